The molecule has 1 aromatic carbocycles. The molecule has 1 aliphatic heterocycles. The molecule has 6 saturated carbocycles. The van der Waals surface area contributed by atoms with Gasteiger partial charge in [-0.15, -0.1) is 0 Å². The van der Waals surface area contributed by atoms with Gasteiger partial charge in [-0.1, -0.05) is 84.9 Å². The Morgan fingerprint density at radius 1 is 0.852 bits per heavy atom. The summed E-state index contributed by atoms with van der Waals surface area (Å²) < 4.78 is 6.46. The van der Waals surface area contributed by atoms with Gasteiger partial charge in [0.2, 0.25) is 5.91 Å². The molecular weight excluding hydrogens is 763 g/mol. The molecule has 9 nitrogen and oxygen atoms in total. The van der Waals surface area contributed by atoms with Crippen molar-refractivity contribution in [2.75, 3.05) is 6.54 Å². The van der Waals surface area contributed by atoms with Crippen LogP contribution in [0.5, 0.6) is 0 Å². The molecule has 2 heterocycles. The van der Waals surface area contributed by atoms with Gasteiger partial charge < -0.3 is 19.7 Å². The first-order valence-electron chi connectivity index (χ1n) is 23.7. The van der Waals surface area contributed by atoms with E-state index in [2.05, 4.69) is 58.0 Å². The number of carbonyl (C=O) groups is 4. The highest BCUT2D eigenvalue weighted by molar-refractivity contribution is 5.85. The van der Waals surface area contributed by atoms with E-state index in [0.717, 1.165) is 107 Å². The number of allylic oxidation sites excluding steroid dienone is 1. The van der Waals surface area contributed by atoms with Gasteiger partial charge in [0.1, 0.15) is 18.2 Å². The number of nitrogens with zero attached hydrogens (tertiary/aromatic N) is 2. The zero-order valence-electron chi connectivity index (χ0n) is 38.1. The Labute approximate surface area is 363 Å². The lowest BCUT2D eigenvalue weighted by Gasteiger charge is -2.73. The summed E-state index contributed by atoms with van der Waals surface area (Å²) in [4.78, 5) is 63.0. The van der Waals surface area contributed by atoms with Crippen molar-refractivity contribution in [3.05, 3.63) is 54.0 Å². The molecule has 9 heteroatoms. The van der Waals surface area contributed by atoms with E-state index in [-0.39, 0.29) is 51.6 Å². The summed E-state index contributed by atoms with van der Waals surface area (Å²) in [5, 5.41) is 9.71. The summed E-state index contributed by atoms with van der Waals surface area (Å²) in [5.74, 6) is 1.28. The van der Waals surface area contributed by atoms with Gasteiger partial charge >= 0.3 is 11.9 Å². The Balaban J connectivity index is 0.962. The highest BCUT2D eigenvalue weighted by atomic mass is 16.5. The number of hydrogen-bond donors (Lipinski definition) is 2. The molecule has 6 aliphatic carbocycles. The van der Waals surface area contributed by atoms with Crippen LogP contribution in [-0.2, 0) is 19.1 Å². The van der Waals surface area contributed by atoms with Crippen molar-refractivity contribution in [2.45, 2.75) is 151 Å². The number of aromatic amines is 1. The Kier molecular flexibility index (Phi) is 10.0. The zero-order chi connectivity index (χ0) is 43.7. The fraction of sp³-hybridized carbons (Fsp3) is 0.712. The molecule has 1 aromatic heterocycles. The maximum absolute atomic E-state index is 15.6. The van der Waals surface area contributed by atoms with Gasteiger partial charge in [0, 0.05) is 17.5 Å². The molecular formula is C52H71N3O6. The molecule has 9 rings (SSSR count). The predicted molar refractivity (Wildman–Crippen MR) is 235 cm³/mol. The lowest BCUT2D eigenvalue weighted by molar-refractivity contribution is -0.251. The molecule has 7 aliphatic rings. The highest BCUT2D eigenvalue weighted by Crippen LogP contribution is 2.78. The van der Waals surface area contributed by atoms with Crippen molar-refractivity contribution < 1.29 is 29.0 Å². The molecule has 13 atom stereocenters. The molecule has 0 radical (unpaired) electrons. The van der Waals surface area contributed by atoms with Gasteiger partial charge in [-0.25, -0.2) is 4.98 Å². The number of benzene rings is 1. The summed E-state index contributed by atoms with van der Waals surface area (Å²) in [7, 11) is 0. The van der Waals surface area contributed by atoms with E-state index in [0.29, 0.717) is 41.6 Å². The van der Waals surface area contributed by atoms with Crippen LogP contribution < -0.4 is 0 Å². The van der Waals surface area contributed by atoms with E-state index in [1.165, 1.54) is 5.57 Å². The van der Waals surface area contributed by atoms with Crippen LogP contribution in [-0.4, -0.2) is 56.8 Å². The number of carboxylic acids is 1. The number of H-pyrrole nitrogens is 1. The number of esters is 1. The van der Waals surface area contributed by atoms with Gasteiger partial charge in [-0.05, 0) is 147 Å². The molecule has 2 aromatic rings. The minimum Gasteiger partial charge on any atom is -0.481 e. The second kappa shape index (κ2) is 14.4. The molecule has 330 valence electrons. The summed E-state index contributed by atoms with van der Waals surface area (Å²) in [6.45, 7) is 23.9. The van der Waals surface area contributed by atoms with Crippen LogP contribution in [0.3, 0.4) is 0 Å². The Morgan fingerprint density at radius 2 is 1.59 bits per heavy atom. The van der Waals surface area contributed by atoms with E-state index >= 15 is 4.79 Å². The molecule has 7 fully saturated rings. The molecule has 1 unspecified atom stereocenters. The van der Waals surface area contributed by atoms with Crippen LogP contribution >= 0.6 is 0 Å². The molecule has 2 N–H and O–H groups in total. The van der Waals surface area contributed by atoms with Crippen LogP contribution in [0.25, 0.3) is 11.3 Å². The number of likely N-dealkylation sites (tertiary alicyclic amines) is 1. The predicted octanol–water partition coefficient (Wildman–Crippen LogP) is 10.9. The molecule has 61 heavy (non-hydrogen) atoms. The van der Waals surface area contributed by atoms with Crippen molar-refractivity contribution in [1.29, 1.82) is 0 Å². The fourth-order valence-electron chi connectivity index (χ4n) is 16.6. The monoisotopic (exact) mass is 834 g/mol. The summed E-state index contributed by atoms with van der Waals surface area (Å²) >= 11 is 0. The minimum atomic E-state index is -0.824. The number of rotatable bonds is 8. The van der Waals surface area contributed by atoms with E-state index in [1.807, 2.05) is 44.3 Å². The lowest BCUT2D eigenvalue weighted by Crippen LogP contribution is -2.67. The second-order valence-corrected chi connectivity index (χ2v) is 23.2. The molecule has 0 spiro atoms. The Morgan fingerprint density at radius 3 is 2.26 bits per heavy atom. The van der Waals surface area contributed by atoms with Gasteiger partial charge in [0.25, 0.3) is 0 Å². The van der Waals surface area contributed by atoms with Gasteiger partial charge in [0.05, 0.1) is 35.2 Å². The quantitative estimate of drug-likeness (QED) is 0.154. The Hall–Kier alpha value is -3.75. The van der Waals surface area contributed by atoms with Crippen LogP contribution in [0.2, 0.25) is 0 Å². The van der Waals surface area contributed by atoms with Crippen molar-refractivity contribution in [2.24, 2.45) is 73.9 Å². The van der Waals surface area contributed by atoms with Gasteiger partial charge in [-0.2, -0.15) is 0 Å². The molecule has 1 saturated heterocycles. The van der Waals surface area contributed by atoms with E-state index in [1.54, 1.807) is 0 Å². The summed E-state index contributed by atoms with van der Waals surface area (Å²) in [6.07, 6.45) is 15.1. The number of fused-ring (bicyclic) bond motifs is 7. The van der Waals surface area contributed by atoms with Crippen LogP contribution in [0.15, 0.2) is 42.6 Å². The SMILES string of the molecule is C=C(C)[C@@H]1CC[C@]2(C(=O)N3CCCC3c3ncc(-c4ccc(C=O)cc4)[nH]3)CC[C@]3(C)[C@H](CC[C@@H]4[C@@]5(C)CC[C@H](OC(=O)[C@H]6C[C@@H](C(=O)O)C6(C)C)C(C)(C)[C@@H]5CC[C@]43C)[C@@H]12. The first kappa shape index (κ1) is 42.5. The smallest absolute Gasteiger partial charge is 0.309 e. The number of aliphatic carboxylic acids is 1. The summed E-state index contributed by atoms with van der Waals surface area (Å²) in [6, 6.07) is 7.46. The number of imidazole rings is 1. The number of aldehydes is 1. The van der Waals surface area contributed by atoms with Crippen LogP contribution in [0, 0.1) is 73.9 Å². The highest BCUT2D eigenvalue weighted by Gasteiger charge is 2.72. The standard InChI is InChI=1S/C52H71N3O6/c1-30(2)33-18-23-52(46(60)55-26-10-11-38(55)43-53-28-37(54-43)32-14-12-31(29-56)13-15-32)25-24-50(8)34(42(33)52)16-17-40-49(7)21-20-41(48(5,6)39(49)19-22-51(40,50)9)61-45(59)36-27-35(44(57)58)47(36,3)4/h12-15,28-29,33-36,38-42H,1,10-11,16-27H2,2-9H3,(H,53,54)(H,57,58)/t33-,34+,35-,36+,38?,39-,40+,41-,42+,49-,50+,51+,52-/m0/s1. The topological polar surface area (TPSA) is 130 Å². The third-order valence-corrected chi connectivity index (χ3v) is 20.3. The number of ether oxygens (including phenoxy) is 1. The normalized spacial score (nSPS) is 41.9. The van der Waals surface area contributed by atoms with Crippen molar-refractivity contribution in [3.63, 3.8) is 0 Å². The number of hydrogen-bond acceptors (Lipinski definition) is 6. The number of carbonyl (C=O) groups excluding carboxylic acids is 3. The number of carboxylic acid groups (broad SMARTS) is 1. The fourth-order valence-corrected chi connectivity index (χ4v) is 16.6. The van der Waals surface area contributed by atoms with Crippen molar-refractivity contribution in [3.8, 4) is 11.3 Å². The average molecular weight is 834 g/mol. The average Bonchev–Trinajstić information content (AvgIpc) is 3.98. The minimum absolute atomic E-state index is 0.0779. The number of aromatic nitrogens is 2. The van der Waals surface area contributed by atoms with Crippen LogP contribution in [0.1, 0.15) is 161 Å². The van der Waals surface area contributed by atoms with Gasteiger partial charge in [-0.3, -0.25) is 19.2 Å². The Bertz CT molecular complexity index is 2120. The lowest BCUT2D eigenvalue weighted by atomic mass is 9.32. The van der Waals surface area contributed by atoms with Gasteiger partial charge in [0.15, 0.2) is 0 Å². The van der Waals surface area contributed by atoms with E-state index in [9.17, 15) is 19.5 Å². The first-order chi connectivity index (χ1) is 28.7. The molecule has 1 amide bonds. The maximum atomic E-state index is 15.6. The largest absolute Gasteiger partial charge is 0.481 e. The third kappa shape index (κ3) is 5.99. The summed E-state index contributed by atoms with van der Waals surface area (Å²) in [5.41, 5.74) is 2.86. The van der Waals surface area contributed by atoms with Crippen LogP contribution in [0.4, 0.5) is 0 Å². The zero-order valence-corrected chi connectivity index (χ0v) is 38.1. The maximum Gasteiger partial charge on any atom is 0.309 e. The van der Waals surface area contributed by atoms with Crippen molar-refractivity contribution in [1.82, 2.24) is 14.9 Å². The third-order valence-electron chi connectivity index (χ3n) is 20.3. The first-order valence-corrected chi connectivity index (χ1v) is 23.7. The number of nitrogens with one attached hydrogen (secondary N) is 1. The van der Waals surface area contributed by atoms with E-state index in [4.69, 9.17) is 9.72 Å². The van der Waals surface area contributed by atoms with E-state index < -0.39 is 22.7 Å². The second-order valence-electron chi connectivity index (χ2n) is 23.2. The van der Waals surface area contributed by atoms with Crippen molar-refractivity contribution >= 4 is 24.1 Å². The number of amides is 1. The molecule has 0 bridgehead atoms.